The lowest BCUT2D eigenvalue weighted by Crippen LogP contribution is -2.37. The molecule has 6 heteroatoms. The molecule has 1 fully saturated rings. The van der Waals surface area contributed by atoms with Gasteiger partial charge in [0, 0.05) is 30.0 Å². The Balaban J connectivity index is 1.65. The molecule has 1 atom stereocenters. The zero-order valence-electron chi connectivity index (χ0n) is 17.8. The summed E-state index contributed by atoms with van der Waals surface area (Å²) in [4.78, 5) is 14.3. The van der Waals surface area contributed by atoms with E-state index in [1.54, 1.807) is 19.1 Å². The molecule has 0 aromatic heterocycles. The monoisotopic (exact) mass is 412 g/mol. The van der Waals surface area contributed by atoms with Crippen LogP contribution in [0.5, 0.6) is 0 Å². The van der Waals surface area contributed by atoms with Gasteiger partial charge in [-0.15, -0.1) is 0 Å². The first-order valence-corrected chi connectivity index (χ1v) is 10.6. The SMILES string of the molecule is CCOC(=O)c1ccc2c(c1)CC(C)(C)C(c1cc(N3CCOCC3)ccc1F)N2. The number of nitrogens with one attached hydrogen (secondary N) is 1. The summed E-state index contributed by atoms with van der Waals surface area (Å²) >= 11 is 0. The second kappa shape index (κ2) is 8.26. The minimum absolute atomic E-state index is 0.181. The van der Waals surface area contributed by atoms with E-state index < -0.39 is 0 Å². The van der Waals surface area contributed by atoms with Crippen LogP contribution in [-0.2, 0) is 15.9 Å². The topological polar surface area (TPSA) is 50.8 Å². The predicted octanol–water partition coefficient (Wildman–Crippen LogP) is 4.57. The number of esters is 1. The highest BCUT2D eigenvalue weighted by Crippen LogP contribution is 2.46. The molecule has 30 heavy (non-hydrogen) atoms. The second-order valence-electron chi connectivity index (χ2n) is 8.64. The van der Waals surface area contributed by atoms with Gasteiger partial charge >= 0.3 is 5.97 Å². The molecule has 0 amide bonds. The summed E-state index contributed by atoms with van der Waals surface area (Å²) in [5.41, 5.74) is 3.98. The molecule has 0 saturated carbocycles. The second-order valence-corrected chi connectivity index (χ2v) is 8.64. The Kier molecular flexibility index (Phi) is 5.69. The number of nitrogens with zero attached hydrogens (tertiary/aromatic N) is 1. The smallest absolute Gasteiger partial charge is 0.338 e. The van der Waals surface area contributed by atoms with Gasteiger partial charge in [-0.1, -0.05) is 13.8 Å². The number of carbonyl (C=O) groups is 1. The summed E-state index contributed by atoms with van der Waals surface area (Å²) in [5, 5.41) is 3.54. The van der Waals surface area contributed by atoms with Gasteiger partial charge in [0.2, 0.25) is 0 Å². The first kappa shape index (κ1) is 20.7. The number of benzene rings is 2. The average molecular weight is 413 g/mol. The Bertz CT molecular complexity index is 938. The van der Waals surface area contributed by atoms with Crippen LogP contribution in [0.4, 0.5) is 15.8 Å². The molecule has 2 aromatic carbocycles. The minimum Gasteiger partial charge on any atom is -0.462 e. The fraction of sp³-hybridized carbons (Fsp3) is 0.458. The van der Waals surface area contributed by atoms with Crippen molar-refractivity contribution in [3.05, 3.63) is 58.9 Å². The molecule has 2 aromatic rings. The third-order valence-corrected chi connectivity index (χ3v) is 6.01. The first-order valence-electron chi connectivity index (χ1n) is 10.6. The molecular formula is C24H29FN2O3. The Labute approximate surface area is 177 Å². The van der Waals surface area contributed by atoms with Gasteiger partial charge in [-0.3, -0.25) is 0 Å². The van der Waals surface area contributed by atoms with Gasteiger partial charge in [0.1, 0.15) is 5.82 Å². The van der Waals surface area contributed by atoms with E-state index in [0.29, 0.717) is 30.9 Å². The van der Waals surface area contributed by atoms with Crippen LogP contribution < -0.4 is 10.2 Å². The van der Waals surface area contributed by atoms with Gasteiger partial charge in [-0.25, -0.2) is 9.18 Å². The third kappa shape index (κ3) is 4.01. The van der Waals surface area contributed by atoms with Crippen molar-refractivity contribution in [3.8, 4) is 0 Å². The molecule has 0 aliphatic carbocycles. The number of carbonyl (C=O) groups excluding carboxylic acids is 1. The van der Waals surface area contributed by atoms with Crippen LogP contribution in [0.15, 0.2) is 36.4 Å². The Morgan fingerprint density at radius 3 is 2.73 bits per heavy atom. The molecule has 2 heterocycles. The normalized spacial score (nSPS) is 20.3. The zero-order valence-corrected chi connectivity index (χ0v) is 17.8. The molecule has 1 saturated heterocycles. The van der Waals surface area contributed by atoms with Crippen molar-refractivity contribution in [2.75, 3.05) is 43.1 Å². The molecule has 1 N–H and O–H groups in total. The number of fused-ring (bicyclic) bond motifs is 1. The Morgan fingerprint density at radius 1 is 1.23 bits per heavy atom. The van der Waals surface area contributed by atoms with Crippen LogP contribution >= 0.6 is 0 Å². The average Bonchev–Trinajstić information content (AvgIpc) is 2.73. The van der Waals surface area contributed by atoms with Gasteiger partial charge in [0.15, 0.2) is 0 Å². The number of hydrogen-bond donors (Lipinski definition) is 1. The molecule has 4 rings (SSSR count). The maximum absolute atomic E-state index is 15.0. The van der Waals surface area contributed by atoms with Gasteiger partial charge in [-0.2, -0.15) is 0 Å². The summed E-state index contributed by atoms with van der Waals surface area (Å²) < 4.78 is 25.5. The number of halogens is 1. The van der Waals surface area contributed by atoms with Gasteiger partial charge in [0.25, 0.3) is 0 Å². The summed E-state index contributed by atoms with van der Waals surface area (Å²) in [6.45, 7) is 9.41. The number of ether oxygens (including phenoxy) is 2. The van der Waals surface area contributed by atoms with Crippen LogP contribution in [0.1, 0.15) is 48.3 Å². The predicted molar refractivity (Wildman–Crippen MR) is 116 cm³/mol. The summed E-state index contributed by atoms with van der Waals surface area (Å²) in [5.74, 6) is -0.520. The van der Waals surface area contributed by atoms with E-state index in [4.69, 9.17) is 9.47 Å². The van der Waals surface area contributed by atoms with Crippen molar-refractivity contribution < 1.29 is 18.7 Å². The largest absolute Gasteiger partial charge is 0.462 e. The van der Waals surface area contributed by atoms with Crippen LogP contribution in [0.25, 0.3) is 0 Å². The quantitative estimate of drug-likeness (QED) is 0.746. The van der Waals surface area contributed by atoms with E-state index in [9.17, 15) is 9.18 Å². The maximum Gasteiger partial charge on any atom is 0.338 e. The lowest BCUT2D eigenvalue weighted by atomic mass is 9.72. The zero-order chi connectivity index (χ0) is 21.3. The van der Waals surface area contributed by atoms with Crippen molar-refractivity contribution >= 4 is 17.3 Å². The molecule has 2 aliphatic heterocycles. The highest BCUT2D eigenvalue weighted by atomic mass is 19.1. The van der Waals surface area contributed by atoms with Gasteiger partial charge < -0.3 is 19.7 Å². The molecule has 5 nitrogen and oxygen atoms in total. The van der Waals surface area contributed by atoms with Crippen LogP contribution in [0, 0.1) is 11.2 Å². The van der Waals surface area contributed by atoms with E-state index in [0.717, 1.165) is 36.4 Å². The summed E-state index contributed by atoms with van der Waals surface area (Å²) in [6, 6.07) is 10.8. The van der Waals surface area contributed by atoms with Crippen LogP contribution in [0.2, 0.25) is 0 Å². The van der Waals surface area contributed by atoms with E-state index in [2.05, 4.69) is 24.1 Å². The first-order chi connectivity index (χ1) is 14.4. The van der Waals surface area contributed by atoms with Crippen molar-refractivity contribution in [1.29, 1.82) is 0 Å². The molecule has 160 valence electrons. The number of anilines is 2. The maximum atomic E-state index is 15.0. The van der Waals surface area contributed by atoms with Crippen molar-refractivity contribution in [3.63, 3.8) is 0 Å². The molecule has 0 bridgehead atoms. The fourth-order valence-corrected chi connectivity index (χ4v) is 4.44. The lowest BCUT2D eigenvalue weighted by Gasteiger charge is -2.42. The Hall–Kier alpha value is -2.60. The summed E-state index contributed by atoms with van der Waals surface area (Å²) in [7, 11) is 0. The molecular weight excluding hydrogens is 383 g/mol. The molecule has 2 aliphatic rings. The lowest BCUT2D eigenvalue weighted by molar-refractivity contribution is 0.0526. The fourth-order valence-electron chi connectivity index (χ4n) is 4.44. The van der Waals surface area contributed by atoms with Gasteiger partial charge in [0.05, 0.1) is 31.4 Å². The summed E-state index contributed by atoms with van der Waals surface area (Å²) in [6.07, 6.45) is 0.731. The highest BCUT2D eigenvalue weighted by molar-refractivity contribution is 5.90. The molecule has 0 spiro atoms. The number of rotatable bonds is 4. The van der Waals surface area contributed by atoms with E-state index in [1.807, 2.05) is 24.3 Å². The van der Waals surface area contributed by atoms with Gasteiger partial charge in [-0.05, 0) is 60.7 Å². The van der Waals surface area contributed by atoms with Crippen LogP contribution in [-0.4, -0.2) is 38.9 Å². The Morgan fingerprint density at radius 2 is 2.00 bits per heavy atom. The molecule has 0 radical (unpaired) electrons. The van der Waals surface area contributed by atoms with Crippen molar-refractivity contribution in [1.82, 2.24) is 0 Å². The van der Waals surface area contributed by atoms with E-state index in [1.165, 1.54) is 0 Å². The standard InChI is InChI=1S/C24H29FN2O3/c1-4-30-23(28)16-5-8-21-17(13-16)15-24(2,3)22(26-21)19-14-18(6-7-20(19)25)27-9-11-29-12-10-27/h5-8,13-14,22,26H,4,9-12,15H2,1-3H3. The highest BCUT2D eigenvalue weighted by Gasteiger charge is 2.38. The number of morpholine rings is 1. The van der Waals surface area contributed by atoms with Crippen molar-refractivity contribution in [2.24, 2.45) is 5.41 Å². The number of hydrogen-bond acceptors (Lipinski definition) is 5. The molecule has 1 unspecified atom stereocenters. The van der Waals surface area contributed by atoms with E-state index >= 15 is 0 Å². The van der Waals surface area contributed by atoms with Crippen molar-refractivity contribution in [2.45, 2.75) is 33.2 Å². The minimum atomic E-state index is -0.315. The van der Waals surface area contributed by atoms with Crippen LogP contribution in [0.3, 0.4) is 0 Å². The van der Waals surface area contributed by atoms with E-state index in [-0.39, 0.29) is 23.2 Å². The third-order valence-electron chi connectivity index (χ3n) is 6.01.